The van der Waals surface area contributed by atoms with Crippen molar-refractivity contribution >= 4 is 17.2 Å². The summed E-state index contributed by atoms with van der Waals surface area (Å²) in [6, 6.07) is 17.3. The molecule has 1 aliphatic rings. The molecule has 0 saturated carbocycles. The van der Waals surface area contributed by atoms with E-state index in [4.69, 9.17) is 10.00 Å². The third-order valence-electron chi connectivity index (χ3n) is 4.85. The van der Waals surface area contributed by atoms with E-state index in [1.54, 1.807) is 5.38 Å². The number of ether oxygens (including phenoxy) is 1. The molecule has 1 atom stereocenters. The van der Waals surface area contributed by atoms with Crippen LogP contribution in [0.5, 0.6) is 11.5 Å². The van der Waals surface area contributed by atoms with E-state index < -0.39 is 0 Å². The predicted octanol–water partition coefficient (Wildman–Crippen LogP) is 4.14. The minimum absolute atomic E-state index is 0.0617. The van der Waals surface area contributed by atoms with Gasteiger partial charge in [0.05, 0.1) is 5.56 Å². The fourth-order valence-corrected chi connectivity index (χ4v) is 4.20. The van der Waals surface area contributed by atoms with Crippen molar-refractivity contribution in [2.45, 2.75) is 6.42 Å². The van der Waals surface area contributed by atoms with Crippen LogP contribution in [0.1, 0.15) is 16.9 Å². The Morgan fingerprint density at radius 1 is 1.24 bits per heavy atom. The number of para-hydroxylation sites is 2. The van der Waals surface area contributed by atoms with Crippen molar-refractivity contribution < 1.29 is 9.53 Å². The van der Waals surface area contributed by atoms with Crippen molar-refractivity contribution in [2.75, 3.05) is 19.6 Å². The number of hydrogen-bond donors (Lipinski definition) is 1. The molecule has 1 amide bonds. The van der Waals surface area contributed by atoms with Crippen LogP contribution in [-0.4, -0.2) is 35.4 Å². The van der Waals surface area contributed by atoms with Crippen molar-refractivity contribution in [2.24, 2.45) is 5.92 Å². The average molecular weight is 404 g/mol. The molecule has 0 spiro atoms. The quantitative estimate of drug-likeness (QED) is 0.494. The number of likely N-dealkylation sites (tertiary alicyclic amines) is 1. The molecule has 0 bridgehead atoms. The van der Waals surface area contributed by atoms with Gasteiger partial charge in [-0.1, -0.05) is 30.3 Å². The number of thiazole rings is 1. The van der Waals surface area contributed by atoms with Gasteiger partial charge in [0.2, 0.25) is 0 Å². The Bertz CT molecular complexity index is 1030. The highest BCUT2D eigenvalue weighted by atomic mass is 32.1. The molecule has 2 heterocycles. The van der Waals surface area contributed by atoms with Crippen molar-refractivity contribution in [1.82, 2.24) is 15.2 Å². The van der Waals surface area contributed by atoms with Gasteiger partial charge in [-0.05, 0) is 36.6 Å². The highest BCUT2D eigenvalue weighted by Gasteiger charge is 2.28. The Balaban J connectivity index is 1.50. The van der Waals surface area contributed by atoms with E-state index in [-0.39, 0.29) is 5.91 Å². The van der Waals surface area contributed by atoms with Crippen molar-refractivity contribution in [3.8, 4) is 28.3 Å². The highest BCUT2D eigenvalue weighted by molar-refractivity contribution is 7.13. The molecule has 4 rings (SSSR count). The number of carbonyl (C=O) groups is 1. The number of benzene rings is 2. The second-order valence-corrected chi connectivity index (χ2v) is 7.71. The van der Waals surface area contributed by atoms with E-state index in [9.17, 15) is 4.79 Å². The van der Waals surface area contributed by atoms with Crippen molar-refractivity contribution in [3.05, 3.63) is 65.7 Å². The first-order valence-electron chi connectivity index (χ1n) is 9.43. The lowest BCUT2D eigenvalue weighted by atomic mass is 10.1. The summed E-state index contributed by atoms with van der Waals surface area (Å²) in [5, 5.41) is 13.9. The molecule has 0 radical (unpaired) electrons. The number of nitrogens with zero attached hydrogens (tertiary/aromatic N) is 3. The SMILES string of the molecule is N#CNC[C@H]1CCN(C(=O)c2csc(-c3ccccc3Oc3ccccc3)n2)C1. The number of aromatic nitrogens is 1. The zero-order chi connectivity index (χ0) is 20.1. The molecule has 0 unspecified atom stereocenters. The third-order valence-corrected chi connectivity index (χ3v) is 5.73. The zero-order valence-corrected chi connectivity index (χ0v) is 16.6. The second-order valence-electron chi connectivity index (χ2n) is 6.85. The first-order chi connectivity index (χ1) is 14.2. The van der Waals surface area contributed by atoms with E-state index in [0.717, 1.165) is 22.7 Å². The minimum Gasteiger partial charge on any atom is -0.457 e. The number of nitrogens with one attached hydrogen (secondary N) is 1. The predicted molar refractivity (Wildman–Crippen MR) is 112 cm³/mol. The number of amides is 1. The number of nitriles is 1. The molecule has 1 N–H and O–H groups in total. The topological polar surface area (TPSA) is 78.2 Å². The Labute approximate surface area is 173 Å². The average Bonchev–Trinajstić information content (AvgIpc) is 3.43. The molecule has 1 saturated heterocycles. The van der Waals surface area contributed by atoms with E-state index in [0.29, 0.717) is 37.0 Å². The molecule has 1 fully saturated rings. The molecule has 2 aromatic carbocycles. The summed E-state index contributed by atoms with van der Waals surface area (Å²) in [5.41, 5.74) is 1.31. The standard InChI is InChI=1S/C22H20N4O2S/c23-15-24-12-16-10-11-26(13-16)22(27)19-14-29-21(25-19)18-8-4-5-9-20(18)28-17-6-2-1-3-7-17/h1-9,14,16,24H,10-13H2/t16-/m1/s1. The summed E-state index contributed by atoms with van der Waals surface area (Å²) in [6.45, 7) is 1.94. The smallest absolute Gasteiger partial charge is 0.273 e. The van der Waals surface area contributed by atoms with E-state index in [1.807, 2.05) is 65.7 Å². The number of carbonyl (C=O) groups excluding carboxylic acids is 1. The molecule has 146 valence electrons. The molecule has 1 aromatic heterocycles. The maximum atomic E-state index is 12.8. The van der Waals surface area contributed by atoms with Gasteiger partial charge < -0.3 is 15.0 Å². The van der Waals surface area contributed by atoms with Crippen LogP contribution in [0.2, 0.25) is 0 Å². The Hall–Kier alpha value is -3.37. The molecule has 6 nitrogen and oxygen atoms in total. The lowest BCUT2D eigenvalue weighted by Crippen LogP contribution is -2.30. The van der Waals surface area contributed by atoms with Gasteiger partial charge >= 0.3 is 0 Å². The fraction of sp³-hybridized carbons (Fsp3) is 0.227. The lowest BCUT2D eigenvalue weighted by molar-refractivity contribution is 0.0782. The van der Waals surface area contributed by atoms with Gasteiger partial charge in [-0.15, -0.1) is 11.3 Å². The zero-order valence-electron chi connectivity index (χ0n) is 15.7. The maximum absolute atomic E-state index is 12.8. The Morgan fingerprint density at radius 3 is 2.86 bits per heavy atom. The summed E-state index contributed by atoms with van der Waals surface area (Å²) in [5.74, 6) is 1.70. The molecular weight excluding hydrogens is 384 g/mol. The van der Waals surface area contributed by atoms with Crippen LogP contribution in [-0.2, 0) is 0 Å². The summed E-state index contributed by atoms with van der Waals surface area (Å²) in [7, 11) is 0. The highest BCUT2D eigenvalue weighted by Crippen LogP contribution is 2.35. The number of rotatable bonds is 6. The summed E-state index contributed by atoms with van der Waals surface area (Å²) in [4.78, 5) is 19.2. The van der Waals surface area contributed by atoms with Gasteiger partial charge in [0.25, 0.3) is 5.91 Å². The largest absolute Gasteiger partial charge is 0.457 e. The summed E-state index contributed by atoms with van der Waals surface area (Å²) < 4.78 is 6.02. The van der Waals surface area contributed by atoms with Gasteiger partial charge in [0.1, 0.15) is 22.2 Å². The second kappa shape index (κ2) is 8.76. The van der Waals surface area contributed by atoms with Crippen molar-refractivity contribution in [1.29, 1.82) is 5.26 Å². The summed E-state index contributed by atoms with van der Waals surface area (Å²) >= 11 is 1.44. The minimum atomic E-state index is -0.0617. The first-order valence-corrected chi connectivity index (χ1v) is 10.3. The van der Waals surface area contributed by atoms with Crippen LogP contribution < -0.4 is 10.1 Å². The van der Waals surface area contributed by atoms with Crippen LogP contribution in [0, 0.1) is 17.4 Å². The van der Waals surface area contributed by atoms with E-state index >= 15 is 0 Å². The molecule has 1 aliphatic heterocycles. The van der Waals surface area contributed by atoms with Crippen LogP contribution in [0.15, 0.2) is 60.0 Å². The molecule has 29 heavy (non-hydrogen) atoms. The van der Waals surface area contributed by atoms with Crippen molar-refractivity contribution in [3.63, 3.8) is 0 Å². The Kier molecular flexibility index (Phi) is 5.73. The maximum Gasteiger partial charge on any atom is 0.273 e. The fourth-order valence-electron chi connectivity index (χ4n) is 3.38. The molecule has 0 aliphatic carbocycles. The summed E-state index contributed by atoms with van der Waals surface area (Å²) in [6.07, 6.45) is 2.83. The van der Waals surface area contributed by atoms with Crippen LogP contribution >= 0.6 is 11.3 Å². The lowest BCUT2D eigenvalue weighted by Gasteiger charge is -2.14. The van der Waals surface area contributed by atoms with Gasteiger partial charge in [-0.3, -0.25) is 4.79 Å². The van der Waals surface area contributed by atoms with E-state index in [1.165, 1.54) is 11.3 Å². The van der Waals surface area contributed by atoms with Crippen LogP contribution in [0.25, 0.3) is 10.6 Å². The monoisotopic (exact) mass is 404 g/mol. The van der Waals surface area contributed by atoms with Gasteiger partial charge in [0.15, 0.2) is 6.19 Å². The third kappa shape index (κ3) is 4.39. The molecule has 3 aromatic rings. The number of hydrogen-bond acceptors (Lipinski definition) is 6. The van der Waals surface area contributed by atoms with E-state index in [2.05, 4.69) is 10.3 Å². The van der Waals surface area contributed by atoms with Crippen LogP contribution in [0.3, 0.4) is 0 Å². The van der Waals surface area contributed by atoms with Gasteiger partial charge in [-0.25, -0.2) is 4.98 Å². The first kappa shape index (κ1) is 19.0. The molecule has 7 heteroatoms. The normalized spacial score (nSPS) is 15.7. The van der Waals surface area contributed by atoms with Gasteiger partial charge in [0, 0.05) is 25.0 Å². The molecular formula is C22H20N4O2S. The Morgan fingerprint density at radius 2 is 2.03 bits per heavy atom. The van der Waals surface area contributed by atoms with Gasteiger partial charge in [-0.2, -0.15) is 5.26 Å². The van der Waals surface area contributed by atoms with Crippen LogP contribution in [0.4, 0.5) is 0 Å².